The van der Waals surface area contributed by atoms with E-state index in [-0.39, 0.29) is 12.1 Å². The monoisotopic (exact) mass is 372 g/mol. The number of nitrogens with one attached hydrogen (secondary N) is 2. The second kappa shape index (κ2) is 9.36. The van der Waals surface area contributed by atoms with Crippen molar-refractivity contribution in [2.45, 2.75) is 39.3 Å². The molecule has 1 atom stereocenters. The summed E-state index contributed by atoms with van der Waals surface area (Å²) in [7, 11) is 0. The second-order valence-electron chi connectivity index (χ2n) is 6.56. The van der Waals surface area contributed by atoms with Gasteiger partial charge in [0.2, 0.25) is 0 Å². The third-order valence-corrected chi connectivity index (χ3v) is 4.84. The number of anilines is 1. The number of aromatic nitrogens is 3. The number of urea groups is 1. The van der Waals surface area contributed by atoms with Gasteiger partial charge < -0.3 is 20.3 Å². The molecule has 8 nitrogen and oxygen atoms in total. The molecule has 0 fully saturated rings. The van der Waals surface area contributed by atoms with Crippen LogP contribution in [0.1, 0.15) is 26.1 Å². The average Bonchev–Trinajstić information content (AvgIpc) is 3.14. The molecule has 0 bridgehead atoms. The SMILES string of the molecule is CCN(CC)CCOc1ccccc1NC(=O)NC1CCc2ncnn2C1. The van der Waals surface area contributed by atoms with E-state index in [1.807, 2.05) is 28.9 Å². The second-order valence-corrected chi connectivity index (χ2v) is 6.56. The molecule has 2 amide bonds. The van der Waals surface area contributed by atoms with Crippen molar-refractivity contribution in [3.8, 4) is 5.75 Å². The molecular weight excluding hydrogens is 344 g/mol. The highest BCUT2D eigenvalue weighted by Gasteiger charge is 2.21. The fourth-order valence-electron chi connectivity index (χ4n) is 3.22. The van der Waals surface area contributed by atoms with Crippen molar-refractivity contribution in [1.29, 1.82) is 0 Å². The van der Waals surface area contributed by atoms with Gasteiger partial charge >= 0.3 is 6.03 Å². The summed E-state index contributed by atoms with van der Waals surface area (Å²) in [6, 6.07) is 7.32. The molecule has 0 aliphatic carbocycles. The van der Waals surface area contributed by atoms with E-state index in [9.17, 15) is 4.79 Å². The number of hydrogen-bond acceptors (Lipinski definition) is 5. The number of para-hydroxylation sites is 2. The molecule has 1 aliphatic heterocycles. The van der Waals surface area contributed by atoms with Gasteiger partial charge in [-0.1, -0.05) is 26.0 Å². The zero-order valence-electron chi connectivity index (χ0n) is 16.0. The smallest absolute Gasteiger partial charge is 0.319 e. The van der Waals surface area contributed by atoms with E-state index in [2.05, 4.69) is 39.5 Å². The predicted molar refractivity (Wildman–Crippen MR) is 104 cm³/mol. The topological polar surface area (TPSA) is 84.3 Å². The van der Waals surface area contributed by atoms with Gasteiger partial charge in [0.1, 0.15) is 24.5 Å². The lowest BCUT2D eigenvalue weighted by atomic mass is 10.1. The molecule has 146 valence electrons. The number of carbonyl (C=O) groups is 1. The number of aryl methyl sites for hydroxylation is 1. The maximum absolute atomic E-state index is 12.4. The third kappa shape index (κ3) is 5.19. The van der Waals surface area contributed by atoms with E-state index >= 15 is 0 Å². The van der Waals surface area contributed by atoms with Gasteiger partial charge in [-0.3, -0.25) is 0 Å². The van der Waals surface area contributed by atoms with Gasteiger partial charge in [0.15, 0.2) is 0 Å². The Labute approximate surface area is 159 Å². The summed E-state index contributed by atoms with van der Waals surface area (Å²) in [5, 5.41) is 10.1. The van der Waals surface area contributed by atoms with E-state index in [1.54, 1.807) is 6.33 Å². The number of nitrogens with zero attached hydrogens (tertiary/aromatic N) is 4. The maximum atomic E-state index is 12.4. The number of rotatable bonds is 8. The number of likely N-dealkylation sites (N-methyl/N-ethyl adjacent to an activating group) is 1. The van der Waals surface area contributed by atoms with Gasteiger partial charge in [-0.15, -0.1) is 0 Å². The first-order chi connectivity index (χ1) is 13.2. The molecule has 0 saturated heterocycles. The van der Waals surface area contributed by atoms with Crippen LogP contribution in [0, 0.1) is 0 Å². The number of hydrogen-bond donors (Lipinski definition) is 2. The lowest BCUT2D eigenvalue weighted by Crippen LogP contribution is -2.43. The summed E-state index contributed by atoms with van der Waals surface area (Å²) in [5.74, 6) is 1.66. The van der Waals surface area contributed by atoms with Gasteiger partial charge in [-0.2, -0.15) is 5.10 Å². The summed E-state index contributed by atoms with van der Waals surface area (Å²) in [4.78, 5) is 18.9. The lowest BCUT2D eigenvalue weighted by Gasteiger charge is -2.24. The minimum absolute atomic E-state index is 0.0370. The predicted octanol–water partition coefficient (Wildman–Crippen LogP) is 2.14. The normalized spacial score (nSPS) is 16.0. The molecule has 0 radical (unpaired) electrons. The molecule has 2 heterocycles. The van der Waals surface area contributed by atoms with Crippen LogP contribution in [-0.4, -0.2) is 58.0 Å². The molecule has 1 unspecified atom stereocenters. The van der Waals surface area contributed by atoms with Crippen LogP contribution in [0.25, 0.3) is 0 Å². The average molecular weight is 372 g/mol. The van der Waals surface area contributed by atoms with Crippen LogP contribution in [0.15, 0.2) is 30.6 Å². The van der Waals surface area contributed by atoms with Crippen molar-refractivity contribution in [2.24, 2.45) is 0 Å². The van der Waals surface area contributed by atoms with Crippen LogP contribution in [0.4, 0.5) is 10.5 Å². The van der Waals surface area contributed by atoms with Crippen LogP contribution < -0.4 is 15.4 Å². The minimum Gasteiger partial charge on any atom is -0.490 e. The summed E-state index contributed by atoms with van der Waals surface area (Å²) in [6.07, 6.45) is 3.23. The number of ether oxygens (including phenoxy) is 1. The molecule has 2 aromatic rings. The summed E-state index contributed by atoms with van der Waals surface area (Å²) < 4.78 is 7.74. The Kier molecular flexibility index (Phi) is 6.64. The molecule has 3 rings (SSSR count). The summed E-state index contributed by atoms with van der Waals surface area (Å²) in [5.41, 5.74) is 0.673. The first-order valence-electron chi connectivity index (χ1n) is 9.58. The zero-order valence-corrected chi connectivity index (χ0v) is 16.0. The zero-order chi connectivity index (χ0) is 19.1. The summed E-state index contributed by atoms with van der Waals surface area (Å²) in [6.45, 7) is 8.35. The van der Waals surface area contributed by atoms with Crippen LogP contribution in [0.5, 0.6) is 5.75 Å². The van der Waals surface area contributed by atoms with Crippen molar-refractivity contribution < 1.29 is 9.53 Å². The minimum atomic E-state index is -0.233. The first-order valence-corrected chi connectivity index (χ1v) is 9.58. The Balaban J connectivity index is 1.52. The van der Waals surface area contributed by atoms with Crippen LogP contribution in [0.3, 0.4) is 0 Å². The van der Waals surface area contributed by atoms with Gasteiger partial charge in [0.05, 0.1) is 18.3 Å². The molecule has 0 spiro atoms. The molecule has 1 aromatic carbocycles. The highest BCUT2D eigenvalue weighted by Crippen LogP contribution is 2.23. The Hall–Kier alpha value is -2.61. The lowest BCUT2D eigenvalue weighted by molar-refractivity contribution is 0.223. The highest BCUT2D eigenvalue weighted by atomic mass is 16.5. The van der Waals surface area contributed by atoms with E-state index in [4.69, 9.17) is 4.74 Å². The number of fused-ring (bicyclic) bond motifs is 1. The highest BCUT2D eigenvalue weighted by molar-refractivity contribution is 5.91. The van der Waals surface area contributed by atoms with Gasteiger partial charge in [-0.05, 0) is 31.6 Å². The van der Waals surface area contributed by atoms with Gasteiger partial charge in [0, 0.05) is 13.0 Å². The van der Waals surface area contributed by atoms with E-state index in [0.717, 1.165) is 38.3 Å². The quantitative estimate of drug-likeness (QED) is 0.742. The molecule has 8 heteroatoms. The van der Waals surface area contributed by atoms with Crippen molar-refractivity contribution >= 4 is 11.7 Å². The van der Waals surface area contributed by atoms with E-state index in [1.165, 1.54) is 0 Å². The molecule has 0 saturated carbocycles. The van der Waals surface area contributed by atoms with Crippen LogP contribution in [0.2, 0.25) is 0 Å². The summed E-state index contributed by atoms with van der Waals surface area (Å²) >= 11 is 0. The van der Waals surface area contributed by atoms with Gasteiger partial charge in [-0.25, -0.2) is 14.5 Å². The molecule has 1 aromatic heterocycles. The fraction of sp³-hybridized carbons (Fsp3) is 0.526. The third-order valence-electron chi connectivity index (χ3n) is 4.84. The molecule has 2 N–H and O–H groups in total. The molecular formula is C19H28N6O2. The van der Waals surface area contributed by atoms with E-state index in [0.29, 0.717) is 24.6 Å². The van der Waals surface area contributed by atoms with Crippen LogP contribution in [-0.2, 0) is 13.0 Å². The largest absolute Gasteiger partial charge is 0.490 e. The van der Waals surface area contributed by atoms with Crippen molar-refractivity contribution in [2.75, 3.05) is 31.6 Å². The van der Waals surface area contributed by atoms with Crippen LogP contribution >= 0.6 is 0 Å². The molecule has 27 heavy (non-hydrogen) atoms. The maximum Gasteiger partial charge on any atom is 0.319 e. The van der Waals surface area contributed by atoms with Crippen molar-refractivity contribution in [1.82, 2.24) is 25.0 Å². The van der Waals surface area contributed by atoms with E-state index < -0.39 is 0 Å². The molecule has 1 aliphatic rings. The fourth-order valence-corrected chi connectivity index (χ4v) is 3.22. The number of carbonyl (C=O) groups excluding carboxylic acids is 1. The van der Waals surface area contributed by atoms with Crippen molar-refractivity contribution in [3.63, 3.8) is 0 Å². The number of amides is 2. The number of benzene rings is 1. The Morgan fingerprint density at radius 2 is 2.15 bits per heavy atom. The van der Waals surface area contributed by atoms with Crippen molar-refractivity contribution in [3.05, 3.63) is 36.4 Å². The van der Waals surface area contributed by atoms with Gasteiger partial charge in [0.25, 0.3) is 0 Å². The Morgan fingerprint density at radius 3 is 2.96 bits per heavy atom. The standard InChI is InChI=1S/C19H28N6O2/c1-3-24(4-2)11-12-27-17-8-6-5-7-16(17)23-19(26)22-15-9-10-18-20-14-21-25(18)13-15/h5-8,14-15H,3-4,9-13H2,1-2H3,(H2,22,23,26). The first kappa shape index (κ1) is 19.2. The Morgan fingerprint density at radius 1 is 1.33 bits per heavy atom. The Bertz CT molecular complexity index is 743.